The maximum atomic E-state index is 14.7. The van der Waals surface area contributed by atoms with Gasteiger partial charge >= 0.3 is 18.0 Å². The zero-order valence-electron chi connectivity index (χ0n) is 69.7. The summed E-state index contributed by atoms with van der Waals surface area (Å²) in [6, 6.07) is 9.44. The van der Waals surface area contributed by atoms with Crippen molar-refractivity contribution < 1.29 is 65.1 Å². The van der Waals surface area contributed by atoms with E-state index in [-0.39, 0.29) is 119 Å². The first-order chi connectivity index (χ1) is 61.7. The van der Waals surface area contributed by atoms with Crippen LogP contribution < -0.4 is 43.1 Å². The molecule has 18 rings (SSSR count). The van der Waals surface area contributed by atoms with Gasteiger partial charge in [-0.2, -0.15) is 50.2 Å². The molecule has 43 heteroatoms. The van der Waals surface area contributed by atoms with Gasteiger partial charge in [-0.3, -0.25) is 34.6 Å². The number of rotatable bonds is 22. The van der Waals surface area contributed by atoms with E-state index in [1.807, 2.05) is 38.6 Å². The highest BCUT2D eigenvalue weighted by atomic mass is 35.5. The standard InChI is InChI=1S/C29H27Cl2FN8O4.C28H29Cl2FN8O3.C28H29ClF2N8O3/c1-4-6-38-14-20(42-3)21(15-38)43-29-35-25-16(27(36-29)40-9-7-39(8-10-40)23(41)5-2)11-22(30)34-28(25)44-26-17-13-33-37-19(17)12-18(32)24(26)31;1-4-22(40)38-7-9-39(10-8-38)26-16-5-6-32-27(42-25-17-12-33-36-20(17)11-19(29)23(25)30)24(16)34-28(35-26)41-21-14-37(3)13-18(21)15(2)31;1-4-22(40)38-7-9-39(10-8-38)26-16-5-6-32-27(42-25-17-12-33-36-20(17)11-19(31)23(25)29)24(16)34-28(35-26)41-21-14-37(3)13-18(21)15(2)30/h1,5,11-13,20-21H,2,6-10,14-15H2,3H3,(H,33,37);2*4-6,11-12,15,18,21H,1,7-10,13-14H2,2-3H3,(H,33,36)/t20-,21-;2*15?,18-,21+/m110/s1. The molecule has 9 aromatic heterocycles. The van der Waals surface area contributed by atoms with Crippen molar-refractivity contribution >= 4 is 159 Å². The van der Waals surface area contributed by atoms with E-state index in [4.69, 9.17) is 118 Å². The largest absolute Gasteiger partial charge is 0.458 e. The third-order valence-electron chi connectivity index (χ3n) is 23.1. The first-order valence-corrected chi connectivity index (χ1v) is 42.7. The van der Waals surface area contributed by atoms with Crippen molar-refractivity contribution in [1.29, 1.82) is 0 Å². The molecule has 0 radical (unpaired) electrons. The number of amides is 3. The summed E-state index contributed by atoms with van der Waals surface area (Å²) >= 11 is 32.1. The van der Waals surface area contributed by atoms with Crippen LogP contribution in [0.25, 0.3) is 65.4 Å². The fourth-order valence-corrected chi connectivity index (χ4v) is 17.4. The zero-order chi connectivity index (χ0) is 90.0. The number of benzene rings is 3. The lowest BCUT2D eigenvalue weighted by atomic mass is 10.0. The lowest BCUT2D eigenvalue weighted by molar-refractivity contribution is -0.127. The Kier molecular flexibility index (Phi) is 26.9. The molecule has 3 N–H and O–H groups in total. The highest BCUT2D eigenvalue weighted by Crippen LogP contribution is 2.47. The van der Waals surface area contributed by atoms with Gasteiger partial charge in [-0.1, -0.05) is 83.7 Å². The molecular weight excluding hydrogens is 1770 g/mol. The molecule has 6 fully saturated rings. The molecule has 6 aliphatic rings. The number of H-pyrrole nitrogens is 3. The highest BCUT2D eigenvalue weighted by Gasteiger charge is 2.41. The van der Waals surface area contributed by atoms with Gasteiger partial charge in [-0.05, 0) is 70.4 Å². The summed E-state index contributed by atoms with van der Waals surface area (Å²) in [6.45, 7) is 23.2. The van der Waals surface area contributed by atoms with E-state index < -0.39 is 42.3 Å². The van der Waals surface area contributed by atoms with E-state index in [0.717, 1.165) is 0 Å². The minimum atomic E-state index is -1.09. The van der Waals surface area contributed by atoms with Gasteiger partial charge in [-0.25, -0.2) is 27.5 Å². The molecule has 0 saturated carbocycles. The molecule has 2 unspecified atom stereocenters. The van der Waals surface area contributed by atoms with E-state index in [0.29, 0.717) is 202 Å². The lowest BCUT2D eigenvalue weighted by Gasteiger charge is -2.35. The summed E-state index contributed by atoms with van der Waals surface area (Å²) in [5, 5.41) is 23.7. The monoisotopic (exact) mass is 1850 g/mol. The van der Waals surface area contributed by atoms with Gasteiger partial charge in [0.25, 0.3) is 0 Å². The molecule has 6 aliphatic heterocycles. The molecule has 8 atom stereocenters. The second-order valence-corrected chi connectivity index (χ2v) is 33.2. The first-order valence-electron chi connectivity index (χ1n) is 40.8. The number of pyridine rings is 3. The number of piperazine rings is 3. The number of alkyl halides is 2. The fourth-order valence-electron chi connectivity index (χ4n) is 16.5. The zero-order valence-corrected chi connectivity index (χ0v) is 73.5. The summed E-state index contributed by atoms with van der Waals surface area (Å²) < 4.78 is 102. The molecule has 0 aliphatic carbocycles. The van der Waals surface area contributed by atoms with Gasteiger partial charge in [-0.15, -0.1) is 6.42 Å². The van der Waals surface area contributed by atoms with Gasteiger partial charge in [0.1, 0.15) is 103 Å². The number of nitrogens with zero attached hydrogens (tertiary/aromatic N) is 21. The maximum Gasteiger partial charge on any atom is 0.319 e. The molecule has 3 amide bonds. The SMILES string of the molecule is C#CCN1C[C@@H](OC)[C@H](Oc2nc(N3CCN(C(=O)C=C)CC3)c3cc(Cl)nc(Oc4c(Cl)c(F)cc5[nH]ncc45)c3n2)C1.C=CC(=O)N1CCN(c2nc(O[C@@H]3CN(C)C[C@H]3C(C)F)nc3c(Oc4c(Cl)c(F)cc5[nH]ncc45)nccc23)CC1.C=CC(=O)N1CCN(c2nc(O[C@H]3CN(C)C[C@@H]3C(C)F)nc3c(Oc4c(Cl)c(Cl)cc5[nH]ncc45)nccc23)CC1. The predicted molar refractivity (Wildman–Crippen MR) is 475 cm³/mol. The molecule has 15 heterocycles. The number of hydrogen-bond donors (Lipinski definition) is 3. The molecule has 668 valence electrons. The van der Waals surface area contributed by atoms with Gasteiger partial charge < -0.3 is 72.4 Å². The Balaban J connectivity index is 0.000000141. The quantitative estimate of drug-likeness (QED) is 0.0245. The van der Waals surface area contributed by atoms with Crippen LogP contribution in [0.1, 0.15) is 13.8 Å². The highest BCUT2D eigenvalue weighted by molar-refractivity contribution is 6.44. The van der Waals surface area contributed by atoms with Crippen LogP contribution in [0.2, 0.25) is 25.2 Å². The van der Waals surface area contributed by atoms with Crippen LogP contribution in [0.15, 0.2) is 105 Å². The number of fused-ring (bicyclic) bond motifs is 6. The van der Waals surface area contributed by atoms with E-state index >= 15 is 0 Å². The Labute approximate surface area is 754 Å². The van der Waals surface area contributed by atoms with Crippen molar-refractivity contribution in [3.05, 3.63) is 142 Å². The predicted octanol–water partition coefficient (Wildman–Crippen LogP) is 12.2. The number of carbonyl (C=O) groups is 3. The van der Waals surface area contributed by atoms with Gasteiger partial charge in [0, 0.05) is 161 Å². The number of aromatic amines is 3. The summed E-state index contributed by atoms with van der Waals surface area (Å²) in [4.78, 5) is 95.5. The minimum absolute atomic E-state index is 0.00849. The third kappa shape index (κ3) is 18.7. The Hall–Kier alpha value is -12.1. The Bertz CT molecular complexity index is 6050. The van der Waals surface area contributed by atoms with Crippen molar-refractivity contribution in [2.45, 2.75) is 50.6 Å². The number of aromatic nitrogens is 15. The number of methoxy groups -OCH3 is 1. The number of likely N-dealkylation sites (N-methyl/N-ethyl adjacent to an activating group) is 2. The second-order valence-electron chi connectivity index (χ2n) is 31.3. The average Bonchev–Trinajstić information content (AvgIpc) is 0.921. The van der Waals surface area contributed by atoms with E-state index in [9.17, 15) is 31.9 Å². The number of halogens is 9. The topological polar surface area (TPSA) is 347 Å². The average molecular weight is 1860 g/mol. The van der Waals surface area contributed by atoms with Crippen molar-refractivity contribution in [3.63, 3.8) is 0 Å². The number of anilines is 3. The third-order valence-corrected chi connectivity index (χ3v) is 24.7. The van der Waals surface area contributed by atoms with Crippen LogP contribution >= 0.6 is 58.0 Å². The molecule has 6 saturated heterocycles. The van der Waals surface area contributed by atoms with Crippen molar-refractivity contribution in [2.24, 2.45) is 11.8 Å². The number of ether oxygens (including phenoxy) is 7. The van der Waals surface area contributed by atoms with E-state index in [1.165, 1.54) is 62.8 Å². The lowest BCUT2D eigenvalue weighted by Crippen LogP contribution is -2.48. The van der Waals surface area contributed by atoms with E-state index in [1.54, 1.807) is 58.5 Å². The molecule has 128 heavy (non-hydrogen) atoms. The summed E-state index contributed by atoms with van der Waals surface area (Å²) in [5.74, 6) is 2.24. The Morgan fingerprint density at radius 3 is 1.27 bits per heavy atom. The summed E-state index contributed by atoms with van der Waals surface area (Å²) in [7, 11) is 5.44. The van der Waals surface area contributed by atoms with Gasteiger partial charge in [0.15, 0.2) is 17.2 Å². The van der Waals surface area contributed by atoms with Gasteiger partial charge in [0.05, 0.1) is 79.0 Å². The van der Waals surface area contributed by atoms with Crippen LogP contribution in [0, 0.1) is 35.8 Å². The Morgan fingerprint density at radius 1 is 0.492 bits per heavy atom. The van der Waals surface area contributed by atoms with Crippen LogP contribution in [0.3, 0.4) is 0 Å². The number of likely N-dealkylation sites (tertiary alicyclic amines) is 3. The minimum Gasteiger partial charge on any atom is -0.458 e. The van der Waals surface area contributed by atoms with Crippen LogP contribution in [-0.2, 0) is 19.1 Å². The maximum absolute atomic E-state index is 14.7. The smallest absolute Gasteiger partial charge is 0.319 e. The number of carbonyl (C=O) groups excluding carboxylic acids is 3. The van der Waals surface area contributed by atoms with Crippen molar-refractivity contribution in [3.8, 4) is 65.3 Å². The molecule has 34 nitrogen and oxygen atoms in total. The fraction of sp³-hybridized carbons (Fsp3) is 0.376. The number of hydrogen-bond acceptors (Lipinski definition) is 28. The van der Waals surface area contributed by atoms with Crippen LogP contribution in [0.4, 0.5) is 35.0 Å². The molecule has 3 aromatic carbocycles. The van der Waals surface area contributed by atoms with Crippen LogP contribution in [-0.4, -0.2) is 305 Å². The summed E-state index contributed by atoms with van der Waals surface area (Å²) in [5.41, 5.74) is 2.35. The first kappa shape index (κ1) is 89.3. The molecular formula is C85H85Cl5F4N24O10. The Morgan fingerprint density at radius 2 is 0.867 bits per heavy atom. The molecule has 12 aromatic rings. The number of terminal acetylenes is 1. The van der Waals surface area contributed by atoms with Gasteiger partial charge in [0.2, 0.25) is 35.4 Å². The second kappa shape index (κ2) is 38.5. The summed E-state index contributed by atoms with van der Waals surface area (Å²) in [6.07, 6.45) is 13.3. The van der Waals surface area contributed by atoms with Crippen molar-refractivity contribution in [2.75, 3.05) is 160 Å². The normalized spacial score (nSPS) is 19.9. The molecule has 0 spiro atoms. The molecule has 0 bridgehead atoms. The van der Waals surface area contributed by atoms with Crippen molar-refractivity contribution in [1.82, 2.24) is 105 Å². The van der Waals surface area contributed by atoms with E-state index in [2.05, 4.69) is 86.1 Å². The number of nitrogens with one attached hydrogen (secondary N) is 3. The van der Waals surface area contributed by atoms with Crippen LogP contribution in [0.5, 0.6) is 52.9 Å².